The number of benzene rings is 2. The number of rotatable bonds is 11. The summed E-state index contributed by atoms with van der Waals surface area (Å²) in [4.78, 5) is 13.7. The molecule has 1 saturated heterocycles. The summed E-state index contributed by atoms with van der Waals surface area (Å²) < 4.78 is 16.6. The lowest BCUT2D eigenvalue weighted by Gasteiger charge is -2.39. The van der Waals surface area contributed by atoms with E-state index >= 15 is 0 Å². The summed E-state index contributed by atoms with van der Waals surface area (Å²) in [5.74, 6) is 1.63. The number of amides is 1. The molecular formula is C24H32N2O4. The number of nitrogens with zero attached hydrogens (tertiary/aromatic N) is 1. The van der Waals surface area contributed by atoms with Gasteiger partial charge in [-0.2, -0.15) is 0 Å². The Morgan fingerprint density at radius 1 is 1.10 bits per heavy atom. The van der Waals surface area contributed by atoms with Crippen LogP contribution >= 0.6 is 0 Å². The Bertz CT molecular complexity index is 784. The van der Waals surface area contributed by atoms with Gasteiger partial charge in [0.2, 0.25) is 6.41 Å². The van der Waals surface area contributed by atoms with Gasteiger partial charge >= 0.3 is 0 Å². The Balaban J connectivity index is 1.77. The lowest BCUT2D eigenvalue weighted by molar-refractivity contribution is -0.110. The third kappa shape index (κ3) is 5.97. The largest absolute Gasteiger partial charge is 0.493 e. The summed E-state index contributed by atoms with van der Waals surface area (Å²) in [7, 11) is 3.33. The van der Waals surface area contributed by atoms with E-state index in [1.165, 1.54) is 5.56 Å². The van der Waals surface area contributed by atoms with Gasteiger partial charge in [0, 0.05) is 51.7 Å². The number of nitrogens with one attached hydrogen (secondary N) is 1. The van der Waals surface area contributed by atoms with Crippen LogP contribution in [0.3, 0.4) is 0 Å². The number of hydrogen-bond donors (Lipinski definition) is 1. The number of hydrogen-bond acceptors (Lipinski definition) is 5. The summed E-state index contributed by atoms with van der Waals surface area (Å²) in [6.45, 7) is 3.95. The number of likely N-dealkylation sites (tertiary alicyclic amines) is 1. The topological polar surface area (TPSA) is 60.0 Å². The van der Waals surface area contributed by atoms with Crippen LogP contribution in [0.4, 0.5) is 0 Å². The minimum absolute atomic E-state index is 0.101. The molecule has 2 atom stereocenters. The van der Waals surface area contributed by atoms with E-state index in [2.05, 4.69) is 46.6 Å². The normalized spacial score (nSPS) is 19.3. The van der Waals surface area contributed by atoms with Crippen LogP contribution in [0.25, 0.3) is 0 Å². The fourth-order valence-corrected chi connectivity index (χ4v) is 4.05. The van der Waals surface area contributed by atoms with Crippen molar-refractivity contribution in [3.05, 3.63) is 59.7 Å². The van der Waals surface area contributed by atoms with E-state index in [1.54, 1.807) is 14.2 Å². The number of carbonyl (C=O) groups excluding carboxylic acids is 1. The van der Waals surface area contributed by atoms with E-state index in [1.807, 2.05) is 12.1 Å². The van der Waals surface area contributed by atoms with Gasteiger partial charge in [-0.3, -0.25) is 9.69 Å². The predicted octanol–water partition coefficient (Wildman–Crippen LogP) is 3.21. The molecule has 1 N–H and O–H groups in total. The van der Waals surface area contributed by atoms with Crippen LogP contribution in [0.15, 0.2) is 48.5 Å². The van der Waals surface area contributed by atoms with Gasteiger partial charge in [-0.05, 0) is 29.7 Å². The molecule has 2 unspecified atom stereocenters. The van der Waals surface area contributed by atoms with Crippen LogP contribution in [0, 0.1) is 0 Å². The van der Waals surface area contributed by atoms with Crippen molar-refractivity contribution in [3.63, 3.8) is 0 Å². The summed E-state index contributed by atoms with van der Waals surface area (Å²) in [5, 5.41) is 3.03. The van der Waals surface area contributed by atoms with Crippen LogP contribution in [0.2, 0.25) is 0 Å². The van der Waals surface area contributed by atoms with Crippen molar-refractivity contribution in [1.82, 2.24) is 10.2 Å². The zero-order chi connectivity index (χ0) is 21.2. The Hall–Kier alpha value is -2.57. The van der Waals surface area contributed by atoms with Crippen molar-refractivity contribution in [2.45, 2.75) is 31.3 Å². The van der Waals surface area contributed by atoms with Crippen molar-refractivity contribution >= 4 is 6.41 Å². The molecule has 162 valence electrons. The molecule has 1 aliphatic heterocycles. The number of piperidine rings is 1. The summed E-state index contributed by atoms with van der Waals surface area (Å²) in [6, 6.07) is 16.7. The molecule has 0 radical (unpaired) electrons. The average Bonchev–Trinajstić information content (AvgIpc) is 2.78. The van der Waals surface area contributed by atoms with Gasteiger partial charge in [-0.15, -0.1) is 0 Å². The predicted molar refractivity (Wildman–Crippen MR) is 117 cm³/mol. The highest BCUT2D eigenvalue weighted by Crippen LogP contribution is 2.35. The van der Waals surface area contributed by atoms with Gasteiger partial charge in [0.05, 0.1) is 13.7 Å². The molecule has 0 aromatic heterocycles. The Kier molecular flexibility index (Phi) is 8.53. The molecule has 1 amide bonds. The molecule has 2 aromatic rings. The second-order valence-electron chi connectivity index (χ2n) is 7.61. The molecular weight excluding hydrogens is 380 g/mol. The van der Waals surface area contributed by atoms with Crippen molar-refractivity contribution in [3.8, 4) is 11.5 Å². The van der Waals surface area contributed by atoms with Crippen molar-refractivity contribution in [2.24, 2.45) is 0 Å². The van der Waals surface area contributed by atoms with Gasteiger partial charge in [0.1, 0.15) is 0 Å². The van der Waals surface area contributed by atoms with Crippen molar-refractivity contribution in [1.29, 1.82) is 0 Å². The summed E-state index contributed by atoms with van der Waals surface area (Å²) in [5.41, 5.74) is 2.45. The van der Waals surface area contributed by atoms with E-state index in [0.29, 0.717) is 19.0 Å². The molecule has 0 spiro atoms. The zero-order valence-electron chi connectivity index (χ0n) is 17.9. The summed E-state index contributed by atoms with van der Waals surface area (Å²) >= 11 is 0. The van der Waals surface area contributed by atoms with Gasteiger partial charge < -0.3 is 19.5 Å². The fraction of sp³-hybridized carbons (Fsp3) is 0.458. The monoisotopic (exact) mass is 412 g/mol. The lowest BCUT2D eigenvalue weighted by Crippen LogP contribution is -2.47. The highest BCUT2D eigenvalue weighted by atomic mass is 16.5. The molecule has 30 heavy (non-hydrogen) atoms. The first kappa shape index (κ1) is 22.1. The maximum Gasteiger partial charge on any atom is 0.207 e. The maximum atomic E-state index is 11.2. The molecule has 1 aliphatic rings. The molecule has 0 saturated carbocycles. The Morgan fingerprint density at radius 2 is 1.93 bits per heavy atom. The SMILES string of the molecule is COCCCOc1cc(C2CN(Cc3ccccc3)CCC2NC=O)ccc1OC. The van der Waals surface area contributed by atoms with Crippen molar-refractivity contribution < 1.29 is 19.0 Å². The highest BCUT2D eigenvalue weighted by Gasteiger charge is 2.30. The molecule has 1 fully saturated rings. The van der Waals surface area contributed by atoms with Crippen LogP contribution in [0.5, 0.6) is 11.5 Å². The zero-order valence-corrected chi connectivity index (χ0v) is 17.9. The minimum Gasteiger partial charge on any atom is -0.493 e. The molecule has 6 heteroatoms. The molecule has 0 aliphatic carbocycles. The van der Waals surface area contributed by atoms with E-state index in [9.17, 15) is 4.79 Å². The highest BCUT2D eigenvalue weighted by molar-refractivity contribution is 5.49. The Labute approximate surface area is 179 Å². The van der Waals surface area contributed by atoms with E-state index in [0.717, 1.165) is 50.2 Å². The van der Waals surface area contributed by atoms with Crippen LogP contribution in [0.1, 0.15) is 29.9 Å². The minimum atomic E-state index is 0.101. The van der Waals surface area contributed by atoms with Gasteiger partial charge in [-0.25, -0.2) is 0 Å². The summed E-state index contributed by atoms with van der Waals surface area (Å²) in [6.07, 6.45) is 2.54. The first-order chi connectivity index (χ1) is 14.7. The molecule has 0 bridgehead atoms. The molecule has 2 aromatic carbocycles. The second-order valence-corrected chi connectivity index (χ2v) is 7.61. The van der Waals surface area contributed by atoms with Gasteiger partial charge in [-0.1, -0.05) is 36.4 Å². The van der Waals surface area contributed by atoms with E-state index in [-0.39, 0.29) is 12.0 Å². The van der Waals surface area contributed by atoms with Crippen LogP contribution in [-0.4, -0.2) is 57.9 Å². The third-order valence-electron chi connectivity index (χ3n) is 5.59. The first-order valence-electron chi connectivity index (χ1n) is 10.5. The number of methoxy groups -OCH3 is 2. The number of ether oxygens (including phenoxy) is 3. The quantitative estimate of drug-likeness (QED) is 0.454. The van der Waals surface area contributed by atoms with Gasteiger partial charge in [0.25, 0.3) is 0 Å². The Morgan fingerprint density at radius 3 is 2.67 bits per heavy atom. The maximum absolute atomic E-state index is 11.2. The van der Waals surface area contributed by atoms with Crippen LogP contribution < -0.4 is 14.8 Å². The van der Waals surface area contributed by atoms with Gasteiger partial charge in [0.15, 0.2) is 11.5 Å². The number of carbonyl (C=O) groups is 1. The van der Waals surface area contributed by atoms with Crippen LogP contribution in [-0.2, 0) is 16.1 Å². The van der Waals surface area contributed by atoms with Crippen molar-refractivity contribution in [2.75, 3.05) is 40.5 Å². The van der Waals surface area contributed by atoms with E-state index in [4.69, 9.17) is 14.2 Å². The standard InChI is InChI=1S/C24H32N2O4/c1-28-13-6-14-30-24-15-20(9-10-23(24)29-2)21-17-26(12-11-22(21)25-18-27)16-19-7-4-3-5-8-19/h3-5,7-10,15,18,21-22H,6,11-14,16-17H2,1-2H3,(H,25,27). The third-order valence-corrected chi connectivity index (χ3v) is 5.59. The average molecular weight is 413 g/mol. The fourth-order valence-electron chi connectivity index (χ4n) is 4.05. The van der Waals surface area contributed by atoms with E-state index < -0.39 is 0 Å². The molecule has 3 rings (SSSR count). The molecule has 1 heterocycles. The molecule has 6 nitrogen and oxygen atoms in total. The smallest absolute Gasteiger partial charge is 0.207 e. The second kappa shape index (κ2) is 11.6. The first-order valence-corrected chi connectivity index (χ1v) is 10.5. The lowest BCUT2D eigenvalue weighted by atomic mass is 9.85.